The van der Waals surface area contributed by atoms with Gasteiger partial charge in [0.1, 0.15) is 0 Å². The summed E-state index contributed by atoms with van der Waals surface area (Å²) in [5.74, 6) is -8.77. The zero-order chi connectivity index (χ0) is 14.0. The second-order valence-electron chi connectivity index (χ2n) is 4.43. The molecule has 1 rings (SSSR count). The van der Waals surface area contributed by atoms with E-state index in [0.29, 0.717) is 11.8 Å². The van der Waals surface area contributed by atoms with Gasteiger partial charge in [-0.15, -0.1) is 11.8 Å². The zero-order valence-corrected chi connectivity index (χ0v) is 11.0. The molecule has 102 valence electrons. The molecule has 0 aliphatic carbocycles. The first-order valence-corrected chi connectivity index (χ1v) is 6.40. The summed E-state index contributed by atoms with van der Waals surface area (Å²) in [7, 11) is 0. The van der Waals surface area contributed by atoms with Gasteiger partial charge in [0.15, 0.2) is 23.3 Å². The van der Waals surface area contributed by atoms with Gasteiger partial charge in [0.05, 0.1) is 4.90 Å². The molecule has 1 aromatic carbocycles. The Morgan fingerprint density at radius 2 is 1.17 bits per heavy atom. The lowest BCUT2D eigenvalue weighted by Crippen LogP contribution is -2.09. The highest BCUT2D eigenvalue weighted by atomic mass is 32.2. The quantitative estimate of drug-likeness (QED) is 0.332. The molecule has 0 bridgehead atoms. The maximum Gasteiger partial charge on any atom is 0.200 e. The first kappa shape index (κ1) is 15.3. The van der Waals surface area contributed by atoms with E-state index in [1.54, 1.807) is 0 Å². The Hall–Kier alpha value is -0.780. The van der Waals surface area contributed by atoms with Crippen molar-refractivity contribution in [3.63, 3.8) is 0 Å². The lowest BCUT2D eigenvalue weighted by atomic mass is 10.0. The van der Waals surface area contributed by atoms with Crippen molar-refractivity contribution in [2.75, 3.05) is 5.75 Å². The van der Waals surface area contributed by atoms with E-state index in [1.807, 2.05) is 20.8 Å². The van der Waals surface area contributed by atoms with Gasteiger partial charge >= 0.3 is 0 Å². The van der Waals surface area contributed by atoms with Crippen molar-refractivity contribution in [2.24, 2.45) is 11.8 Å². The van der Waals surface area contributed by atoms with Crippen molar-refractivity contribution < 1.29 is 22.0 Å². The Morgan fingerprint density at radius 1 is 0.778 bits per heavy atom. The predicted octanol–water partition coefficient (Wildman–Crippen LogP) is 4.77. The monoisotopic (exact) mass is 284 g/mol. The molecular weight excluding hydrogens is 271 g/mol. The summed E-state index contributed by atoms with van der Waals surface area (Å²) in [5.41, 5.74) is 0. The molecule has 0 spiro atoms. The second kappa shape index (κ2) is 5.91. The van der Waals surface area contributed by atoms with Crippen LogP contribution in [0.4, 0.5) is 22.0 Å². The van der Waals surface area contributed by atoms with Crippen molar-refractivity contribution in [2.45, 2.75) is 25.7 Å². The molecule has 1 unspecified atom stereocenters. The largest absolute Gasteiger partial charge is 0.202 e. The van der Waals surface area contributed by atoms with Crippen molar-refractivity contribution in [1.29, 1.82) is 0 Å². The maximum absolute atomic E-state index is 13.3. The molecule has 1 atom stereocenters. The Labute approximate surface area is 107 Å². The van der Waals surface area contributed by atoms with Crippen molar-refractivity contribution in [3.05, 3.63) is 29.1 Å². The topological polar surface area (TPSA) is 0 Å². The van der Waals surface area contributed by atoms with Crippen LogP contribution in [-0.2, 0) is 0 Å². The van der Waals surface area contributed by atoms with Gasteiger partial charge in [-0.1, -0.05) is 20.8 Å². The zero-order valence-electron chi connectivity index (χ0n) is 10.2. The van der Waals surface area contributed by atoms with Gasteiger partial charge in [-0.05, 0) is 11.8 Å². The van der Waals surface area contributed by atoms with Gasteiger partial charge < -0.3 is 0 Å². The summed E-state index contributed by atoms with van der Waals surface area (Å²) in [6, 6.07) is 0. The second-order valence-corrected chi connectivity index (χ2v) is 5.46. The van der Waals surface area contributed by atoms with Crippen LogP contribution in [0.25, 0.3) is 0 Å². The minimum absolute atomic E-state index is 0.102. The number of halogens is 5. The number of hydrogen-bond acceptors (Lipinski definition) is 1. The van der Waals surface area contributed by atoms with Crippen LogP contribution in [0.15, 0.2) is 4.90 Å². The highest BCUT2D eigenvalue weighted by molar-refractivity contribution is 7.99. The van der Waals surface area contributed by atoms with Crippen LogP contribution >= 0.6 is 11.8 Å². The molecule has 0 aromatic heterocycles. The third-order valence-corrected chi connectivity index (χ3v) is 4.14. The minimum atomic E-state index is -2.12. The molecule has 0 heterocycles. The molecule has 0 nitrogen and oxygen atoms in total. The van der Waals surface area contributed by atoms with Crippen LogP contribution < -0.4 is 0 Å². The molecule has 0 N–H and O–H groups in total. The molecule has 0 radical (unpaired) electrons. The third-order valence-electron chi connectivity index (χ3n) is 2.80. The van der Waals surface area contributed by atoms with Crippen LogP contribution in [0.3, 0.4) is 0 Å². The number of rotatable bonds is 4. The van der Waals surface area contributed by atoms with E-state index in [0.717, 1.165) is 0 Å². The fourth-order valence-electron chi connectivity index (χ4n) is 1.12. The summed E-state index contributed by atoms with van der Waals surface area (Å²) in [5, 5.41) is 0. The van der Waals surface area contributed by atoms with Crippen LogP contribution in [-0.4, -0.2) is 5.75 Å². The van der Waals surface area contributed by atoms with E-state index >= 15 is 0 Å². The van der Waals surface area contributed by atoms with E-state index in [1.165, 1.54) is 0 Å². The smallest absolute Gasteiger partial charge is 0.200 e. The number of thioether (sulfide) groups is 1. The average Bonchev–Trinajstić information content (AvgIpc) is 2.33. The van der Waals surface area contributed by atoms with Crippen LogP contribution in [0.2, 0.25) is 0 Å². The first-order chi connectivity index (χ1) is 8.27. The maximum atomic E-state index is 13.3. The lowest BCUT2D eigenvalue weighted by Gasteiger charge is -2.15. The Balaban J connectivity index is 3.03. The fraction of sp³-hybridized carbons (Fsp3) is 0.500. The van der Waals surface area contributed by atoms with E-state index in [-0.39, 0.29) is 17.6 Å². The predicted molar refractivity (Wildman–Crippen MR) is 61.0 cm³/mol. The molecule has 18 heavy (non-hydrogen) atoms. The van der Waals surface area contributed by atoms with Crippen molar-refractivity contribution >= 4 is 11.8 Å². The van der Waals surface area contributed by atoms with Crippen LogP contribution in [0, 0.1) is 40.9 Å². The van der Waals surface area contributed by atoms with E-state index in [2.05, 4.69) is 0 Å². The molecule has 6 heteroatoms. The highest BCUT2D eigenvalue weighted by Gasteiger charge is 2.26. The molecule has 0 amide bonds. The normalized spacial score (nSPS) is 13.2. The molecule has 0 saturated carbocycles. The van der Waals surface area contributed by atoms with E-state index in [4.69, 9.17) is 0 Å². The third kappa shape index (κ3) is 2.96. The van der Waals surface area contributed by atoms with Gasteiger partial charge in [0.25, 0.3) is 0 Å². The molecule has 0 saturated heterocycles. The minimum Gasteiger partial charge on any atom is -0.202 e. The summed E-state index contributed by atoms with van der Waals surface area (Å²) >= 11 is 0.650. The Bertz CT molecular complexity index is 416. The van der Waals surface area contributed by atoms with Crippen LogP contribution in [0.5, 0.6) is 0 Å². The summed E-state index contributed by atoms with van der Waals surface area (Å²) in [6.07, 6.45) is 0. The SMILES string of the molecule is CC(C)C(C)CSc1c(F)c(F)c(F)c(F)c1F. The summed E-state index contributed by atoms with van der Waals surface area (Å²) < 4.78 is 65.2. The summed E-state index contributed by atoms with van der Waals surface area (Å²) in [6.45, 7) is 5.69. The molecule has 0 aliphatic heterocycles. The standard InChI is InChI=1S/C12H13F5S/c1-5(2)6(3)4-18-12-10(16)8(14)7(13)9(15)11(12)17/h5-6H,4H2,1-3H3. The Kier molecular flexibility index (Phi) is 5.01. The lowest BCUT2D eigenvalue weighted by molar-refractivity contribution is 0.360. The molecule has 0 aliphatic rings. The Morgan fingerprint density at radius 3 is 1.56 bits per heavy atom. The number of hydrogen-bond donors (Lipinski definition) is 0. The summed E-state index contributed by atoms with van der Waals surface area (Å²) in [4.78, 5) is -0.807. The van der Waals surface area contributed by atoms with Gasteiger partial charge in [-0.2, -0.15) is 0 Å². The van der Waals surface area contributed by atoms with Gasteiger partial charge in [-0.3, -0.25) is 0 Å². The van der Waals surface area contributed by atoms with Gasteiger partial charge in [-0.25, -0.2) is 22.0 Å². The van der Waals surface area contributed by atoms with Gasteiger partial charge in [0, 0.05) is 5.75 Å². The average molecular weight is 284 g/mol. The van der Waals surface area contributed by atoms with Gasteiger partial charge in [0.2, 0.25) is 5.82 Å². The fourth-order valence-corrected chi connectivity index (χ4v) is 2.37. The first-order valence-electron chi connectivity index (χ1n) is 5.41. The highest BCUT2D eigenvalue weighted by Crippen LogP contribution is 2.32. The van der Waals surface area contributed by atoms with E-state index in [9.17, 15) is 22.0 Å². The molecule has 1 aromatic rings. The van der Waals surface area contributed by atoms with E-state index < -0.39 is 34.0 Å². The number of benzene rings is 1. The van der Waals surface area contributed by atoms with Crippen LogP contribution in [0.1, 0.15) is 20.8 Å². The molecular formula is C12H13F5S. The molecule has 0 fully saturated rings. The van der Waals surface area contributed by atoms with Crippen molar-refractivity contribution in [3.8, 4) is 0 Å². The van der Waals surface area contributed by atoms with Crippen molar-refractivity contribution in [1.82, 2.24) is 0 Å².